The first-order valence-electron chi connectivity index (χ1n) is 18.3. The number of halogens is 2. The molecule has 0 bridgehead atoms. The number of rotatable bonds is 11. The van der Waals surface area contributed by atoms with Gasteiger partial charge < -0.3 is 14.4 Å². The third-order valence-electron chi connectivity index (χ3n) is 10.2. The summed E-state index contributed by atoms with van der Waals surface area (Å²) in [5.41, 5.74) is 5.22. The van der Waals surface area contributed by atoms with Crippen molar-refractivity contribution in [3.05, 3.63) is 114 Å². The van der Waals surface area contributed by atoms with Gasteiger partial charge in [0.1, 0.15) is 29.7 Å². The Morgan fingerprint density at radius 3 is 2.46 bits per heavy atom. The van der Waals surface area contributed by atoms with Crippen molar-refractivity contribution < 1.29 is 31.6 Å². The van der Waals surface area contributed by atoms with Gasteiger partial charge in [0.15, 0.2) is 13.1 Å². The summed E-state index contributed by atoms with van der Waals surface area (Å²) in [4.78, 5) is 53.8. The van der Waals surface area contributed by atoms with E-state index in [1.54, 1.807) is 37.5 Å². The van der Waals surface area contributed by atoms with Crippen LogP contribution in [0.4, 0.5) is 26.0 Å². The fourth-order valence-electron chi connectivity index (χ4n) is 7.39. The molecule has 5 heterocycles. The summed E-state index contributed by atoms with van der Waals surface area (Å²) in [6, 6.07) is 18.4. The molecule has 13 nitrogen and oxygen atoms in total. The highest BCUT2D eigenvalue weighted by Crippen LogP contribution is 2.36. The number of pyridine rings is 1. The van der Waals surface area contributed by atoms with E-state index in [-0.39, 0.29) is 29.7 Å². The Hall–Kier alpha value is -6.49. The van der Waals surface area contributed by atoms with Crippen LogP contribution in [0.1, 0.15) is 42.1 Å². The van der Waals surface area contributed by atoms with Gasteiger partial charge in [0.25, 0.3) is 5.91 Å². The molecule has 1 atom stereocenters. The van der Waals surface area contributed by atoms with Gasteiger partial charge in [-0.25, -0.2) is 32.2 Å². The zero-order valence-corrected chi connectivity index (χ0v) is 31.7. The lowest BCUT2D eigenvalue weighted by atomic mass is 9.63. The summed E-state index contributed by atoms with van der Waals surface area (Å²) in [5, 5.41) is 2.33. The van der Waals surface area contributed by atoms with Crippen LogP contribution in [-0.2, 0) is 26.2 Å². The van der Waals surface area contributed by atoms with Crippen molar-refractivity contribution in [1.82, 2.24) is 29.7 Å². The second kappa shape index (κ2) is 14.9. The summed E-state index contributed by atoms with van der Waals surface area (Å²) in [6.45, 7) is 1.99. The lowest BCUT2D eigenvalue weighted by Crippen LogP contribution is -2.52. The van der Waals surface area contributed by atoms with Crippen LogP contribution >= 0.6 is 0 Å². The number of anilines is 3. The summed E-state index contributed by atoms with van der Waals surface area (Å²) >= 11 is 0. The summed E-state index contributed by atoms with van der Waals surface area (Å²) in [7, 11) is -1.41. The van der Waals surface area contributed by atoms with Crippen LogP contribution < -0.4 is 25.9 Å². The molecule has 0 spiro atoms. The number of amides is 3. The summed E-state index contributed by atoms with van der Waals surface area (Å²) in [6.07, 6.45) is 6.85. The molecule has 17 heteroatoms. The number of carbonyl (C=O) groups excluding carboxylic acids is 3. The largest absolute Gasteiger partial charge is 0.329 e. The molecule has 3 aromatic heterocycles. The van der Waals surface area contributed by atoms with Crippen LogP contribution in [0, 0.1) is 11.6 Å². The number of hydrogen-bond donors (Lipinski definition) is 2. The molecular weight excluding hydrogens is 753 g/mol. The van der Waals surface area contributed by atoms with E-state index in [1.807, 2.05) is 48.3 Å². The highest BCUT2D eigenvalue weighted by atomic mass is 32.2. The van der Waals surface area contributed by atoms with Gasteiger partial charge in [-0.1, -0.05) is 42.1 Å². The minimum absolute atomic E-state index is 0.196. The Morgan fingerprint density at radius 1 is 0.965 bits per heavy atom. The van der Waals surface area contributed by atoms with Crippen molar-refractivity contribution in [2.24, 2.45) is 0 Å². The molecule has 1 fully saturated rings. The van der Waals surface area contributed by atoms with Gasteiger partial charge in [-0.3, -0.25) is 24.4 Å². The molecule has 1 saturated heterocycles. The smallest absolute Gasteiger partial charge is 0.255 e. The van der Waals surface area contributed by atoms with Crippen molar-refractivity contribution in [3.63, 3.8) is 0 Å². The molecule has 57 heavy (non-hydrogen) atoms. The lowest BCUT2D eigenvalue weighted by molar-refractivity contribution is -0.136. The summed E-state index contributed by atoms with van der Waals surface area (Å²) < 4.78 is 60.0. The molecule has 2 aliphatic rings. The fraction of sp³-hybridized carbons (Fsp3) is 0.200. The number of hydrogen-bond acceptors (Lipinski definition) is 9. The number of carbonyl (C=O) groups is 3. The Balaban J connectivity index is 1.06. The molecule has 0 aliphatic carbocycles. The molecule has 2 N–H and O–H groups in total. The minimum Gasteiger partial charge on any atom is -0.329 e. The Kier molecular flexibility index (Phi) is 9.77. The first-order chi connectivity index (χ1) is 27.4. The predicted octanol–water partition coefficient (Wildman–Crippen LogP) is 3.83. The molecule has 0 saturated carbocycles. The van der Waals surface area contributed by atoms with Crippen LogP contribution in [0.2, 0.25) is 0 Å². The van der Waals surface area contributed by atoms with Crippen molar-refractivity contribution in [3.8, 4) is 16.8 Å². The van der Waals surface area contributed by atoms with Crippen molar-refractivity contribution in [2.45, 2.75) is 38.8 Å². The Bertz CT molecular complexity index is 2700. The van der Waals surface area contributed by atoms with E-state index in [0.717, 1.165) is 34.3 Å². The molecule has 1 unspecified atom stereocenters. The van der Waals surface area contributed by atoms with Crippen molar-refractivity contribution in [2.75, 3.05) is 22.4 Å². The highest BCUT2D eigenvalue weighted by molar-refractivity contribution is 7.92. The number of nitrogens with one attached hydrogen (secondary N) is 2. The summed E-state index contributed by atoms with van der Waals surface area (Å²) in [5.74, 6) is -2.65. The van der Waals surface area contributed by atoms with Gasteiger partial charge >= 0.3 is 0 Å². The topological polar surface area (TPSA) is 159 Å². The molecule has 3 aromatic carbocycles. The molecule has 6 aromatic rings. The zero-order chi connectivity index (χ0) is 40.0. The van der Waals surface area contributed by atoms with Crippen molar-refractivity contribution >= 4 is 74.2 Å². The van der Waals surface area contributed by atoms with Crippen LogP contribution in [-0.4, -0.2) is 76.7 Å². The van der Waals surface area contributed by atoms with E-state index in [9.17, 15) is 22.8 Å². The number of benzene rings is 3. The average Bonchev–Trinajstić information content (AvgIpc) is 3.73. The van der Waals surface area contributed by atoms with Crippen LogP contribution in [0.15, 0.2) is 91.6 Å². The maximum Gasteiger partial charge on any atom is 0.255 e. The van der Waals surface area contributed by atoms with Crippen LogP contribution in [0.3, 0.4) is 0 Å². The third-order valence-corrected chi connectivity index (χ3v) is 11.7. The first kappa shape index (κ1) is 37.4. The highest BCUT2D eigenvalue weighted by Gasteiger charge is 2.39. The number of sulfonamides is 1. The normalized spacial score (nSPS) is 15.5. The zero-order valence-electron chi connectivity index (χ0n) is 30.9. The minimum atomic E-state index is -3.86. The quantitative estimate of drug-likeness (QED) is 0.147. The van der Waals surface area contributed by atoms with E-state index in [2.05, 4.69) is 20.0 Å². The number of nitrogens with zero attached hydrogens (tertiary/aromatic N) is 6. The SMILES string of the molecule is CCCS(=O)(=O)Nc1ccc(F)c(-n2cc(-c3cncnc3)c3nc(N(C)c4ccc(Bc5ccc6c(c5)CN(C5CCC(=O)NC5=O)C6=O)cc4)ccc32)c1F. The lowest BCUT2D eigenvalue weighted by Gasteiger charge is -2.29. The van der Waals surface area contributed by atoms with Crippen LogP contribution in [0.25, 0.3) is 27.8 Å². The average molecular weight is 789 g/mol. The van der Waals surface area contributed by atoms with Crippen LogP contribution in [0.5, 0.6) is 0 Å². The van der Waals surface area contributed by atoms with Gasteiger partial charge in [0, 0.05) is 61.0 Å². The van der Waals surface area contributed by atoms with Gasteiger partial charge in [0.2, 0.25) is 21.8 Å². The van der Waals surface area contributed by atoms with Crippen molar-refractivity contribution in [1.29, 1.82) is 0 Å². The second-order valence-corrected chi connectivity index (χ2v) is 15.9. The number of imide groups is 1. The van der Waals surface area contributed by atoms with Gasteiger partial charge in [-0.15, -0.1) is 0 Å². The standard InChI is InChI=1S/C40H35BF2N8O5S/c1-3-16-57(55,56)48-31-11-10-30(42)38(36(31)43)50-21-29(24-18-44-22-45-19-24)37-32(50)12-14-34(46-37)49(2)27-7-4-25(5-8-27)41-26-6-9-28-23(17-26)20-51(40(28)54)33-13-15-35(52)47-39(33)53/h4-12,14,17-19,21-22,33,41,48H,3,13,15-16,20H2,1-2H3,(H,47,52,53). The molecule has 8 rings (SSSR count). The number of aromatic nitrogens is 4. The van der Waals surface area contributed by atoms with E-state index >= 15 is 8.78 Å². The maximum atomic E-state index is 16.0. The van der Waals surface area contributed by atoms with Gasteiger partial charge in [-0.2, -0.15) is 0 Å². The molecular formula is C40H35BF2N8O5S. The van der Waals surface area contributed by atoms with Gasteiger partial charge in [0.05, 0.1) is 22.5 Å². The first-order valence-corrected chi connectivity index (χ1v) is 19.9. The predicted molar refractivity (Wildman–Crippen MR) is 213 cm³/mol. The van der Waals surface area contributed by atoms with E-state index < -0.39 is 39.3 Å². The fourth-order valence-corrected chi connectivity index (χ4v) is 8.52. The Labute approximate surface area is 327 Å². The second-order valence-electron chi connectivity index (χ2n) is 14.0. The maximum absolute atomic E-state index is 16.0. The monoisotopic (exact) mass is 788 g/mol. The third kappa shape index (κ3) is 7.21. The number of piperidine rings is 1. The Morgan fingerprint density at radius 2 is 1.72 bits per heavy atom. The number of fused-ring (bicyclic) bond motifs is 2. The van der Waals surface area contributed by atoms with E-state index in [1.165, 1.54) is 22.0 Å². The van der Waals surface area contributed by atoms with E-state index in [0.29, 0.717) is 60.2 Å². The van der Waals surface area contributed by atoms with E-state index in [4.69, 9.17) is 4.98 Å². The molecule has 288 valence electrons. The molecule has 2 aliphatic heterocycles. The molecule has 0 radical (unpaired) electrons. The molecule has 3 amide bonds. The van der Waals surface area contributed by atoms with Gasteiger partial charge in [-0.05, 0) is 60.9 Å².